The molecule has 1 aliphatic rings. The molecule has 0 saturated heterocycles. The average molecular weight is 361 g/mol. The Bertz CT molecular complexity index is 575. The highest BCUT2D eigenvalue weighted by Crippen LogP contribution is 2.31. The van der Waals surface area contributed by atoms with Gasteiger partial charge in [-0.05, 0) is 51.9 Å². The van der Waals surface area contributed by atoms with Crippen molar-refractivity contribution in [3.05, 3.63) is 28.2 Å². The highest BCUT2D eigenvalue weighted by molar-refractivity contribution is 9.10. The maximum atomic E-state index is 12.3. The van der Waals surface area contributed by atoms with Gasteiger partial charge < -0.3 is 5.73 Å². The van der Waals surface area contributed by atoms with E-state index in [2.05, 4.69) is 27.6 Å². The maximum absolute atomic E-state index is 12.3. The van der Waals surface area contributed by atoms with Crippen LogP contribution in [0, 0.1) is 11.8 Å². The highest BCUT2D eigenvalue weighted by Gasteiger charge is 2.26. The summed E-state index contributed by atoms with van der Waals surface area (Å²) < 4.78 is 28.0. The minimum Gasteiger partial charge on any atom is -0.326 e. The first-order valence-electron chi connectivity index (χ1n) is 6.92. The van der Waals surface area contributed by atoms with Crippen LogP contribution < -0.4 is 10.5 Å². The lowest BCUT2D eigenvalue weighted by atomic mass is 9.99. The third kappa shape index (κ3) is 3.61. The zero-order valence-electron chi connectivity index (χ0n) is 11.6. The molecule has 1 aromatic carbocycles. The summed E-state index contributed by atoms with van der Waals surface area (Å²) in [5.41, 5.74) is 6.45. The fourth-order valence-corrected chi connectivity index (χ4v) is 4.93. The average Bonchev–Trinajstić information content (AvgIpc) is 2.81. The molecule has 1 saturated carbocycles. The van der Waals surface area contributed by atoms with Gasteiger partial charge in [-0.2, -0.15) is 0 Å². The molecule has 0 bridgehead atoms. The lowest BCUT2D eigenvalue weighted by molar-refractivity contribution is 0.414. The molecule has 6 heteroatoms. The lowest BCUT2D eigenvalue weighted by Crippen LogP contribution is -2.30. The van der Waals surface area contributed by atoms with E-state index in [1.807, 2.05) is 0 Å². The number of hydrogen-bond acceptors (Lipinski definition) is 3. The summed E-state index contributed by atoms with van der Waals surface area (Å²) in [5, 5.41) is 0. The van der Waals surface area contributed by atoms with Gasteiger partial charge in [0.1, 0.15) is 0 Å². The van der Waals surface area contributed by atoms with Crippen molar-refractivity contribution in [3.63, 3.8) is 0 Å². The van der Waals surface area contributed by atoms with Gasteiger partial charge in [0, 0.05) is 17.6 Å². The lowest BCUT2D eigenvalue weighted by Gasteiger charge is -2.16. The Morgan fingerprint density at radius 1 is 1.40 bits per heavy atom. The van der Waals surface area contributed by atoms with Crippen LogP contribution in [0.25, 0.3) is 0 Å². The molecule has 2 rings (SSSR count). The molecule has 1 fully saturated rings. The zero-order chi connectivity index (χ0) is 14.8. The second-order valence-electron chi connectivity index (χ2n) is 5.49. The Morgan fingerprint density at radius 3 is 2.70 bits per heavy atom. The Hall–Kier alpha value is -0.430. The van der Waals surface area contributed by atoms with Crippen molar-refractivity contribution in [2.45, 2.75) is 37.6 Å². The summed E-state index contributed by atoms with van der Waals surface area (Å²) in [6.45, 7) is 3.11. The Labute approximate surface area is 129 Å². The van der Waals surface area contributed by atoms with Gasteiger partial charge in [-0.15, -0.1) is 0 Å². The fraction of sp³-hybridized carbons (Fsp3) is 0.571. The topological polar surface area (TPSA) is 72.2 Å². The quantitative estimate of drug-likeness (QED) is 0.847. The number of sulfonamides is 1. The molecule has 3 N–H and O–H groups in total. The molecule has 0 spiro atoms. The third-order valence-corrected chi connectivity index (χ3v) is 6.50. The first-order valence-corrected chi connectivity index (χ1v) is 9.20. The summed E-state index contributed by atoms with van der Waals surface area (Å²) in [7, 11) is -3.46. The second kappa shape index (κ2) is 6.56. The summed E-state index contributed by atoms with van der Waals surface area (Å²) in [6.07, 6.45) is 3.50. The van der Waals surface area contributed by atoms with E-state index < -0.39 is 10.0 Å². The van der Waals surface area contributed by atoms with Crippen molar-refractivity contribution >= 4 is 26.0 Å². The van der Waals surface area contributed by atoms with Gasteiger partial charge in [0.15, 0.2) is 0 Å². The normalized spacial score (nSPS) is 23.1. The van der Waals surface area contributed by atoms with E-state index in [0.29, 0.717) is 29.4 Å². The van der Waals surface area contributed by atoms with Crippen LogP contribution in [0.2, 0.25) is 0 Å². The predicted octanol–water partition coefficient (Wildman–Crippen LogP) is 2.62. The molecule has 2 atom stereocenters. The van der Waals surface area contributed by atoms with E-state index in [1.165, 1.54) is 12.8 Å². The molecule has 0 heterocycles. The van der Waals surface area contributed by atoms with E-state index in [9.17, 15) is 8.42 Å². The van der Waals surface area contributed by atoms with Crippen LogP contribution in [-0.2, 0) is 16.6 Å². The molecular weight excluding hydrogens is 340 g/mol. The minimum absolute atomic E-state index is 0.278. The van der Waals surface area contributed by atoms with Crippen LogP contribution in [0.4, 0.5) is 0 Å². The van der Waals surface area contributed by atoms with Crippen LogP contribution in [0.5, 0.6) is 0 Å². The number of benzene rings is 1. The molecular formula is C14H21BrN2O2S. The van der Waals surface area contributed by atoms with Gasteiger partial charge >= 0.3 is 0 Å². The van der Waals surface area contributed by atoms with Gasteiger partial charge in [0.05, 0.1) is 4.90 Å². The Kier molecular flexibility index (Phi) is 5.23. The van der Waals surface area contributed by atoms with Crippen molar-refractivity contribution in [3.8, 4) is 0 Å². The van der Waals surface area contributed by atoms with Crippen LogP contribution in [0.1, 0.15) is 31.7 Å². The molecule has 4 nitrogen and oxygen atoms in total. The first kappa shape index (κ1) is 15.9. The van der Waals surface area contributed by atoms with Crippen molar-refractivity contribution < 1.29 is 8.42 Å². The monoisotopic (exact) mass is 360 g/mol. The first-order chi connectivity index (χ1) is 9.44. The fourth-order valence-electron chi connectivity index (χ4n) is 2.71. The van der Waals surface area contributed by atoms with E-state index in [0.717, 1.165) is 12.0 Å². The van der Waals surface area contributed by atoms with Crippen LogP contribution >= 0.6 is 15.9 Å². The number of halogens is 1. The molecule has 0 aliphatic heterocycles. The Balaban J connectivity index is 2.10. The number of rotatable bonds is 5. The van der Waals surface area contributed by atoms with Gasteiger partial charge in [-0.25, -0.2) is 13.1 Å². The highest BCUT2D eigenvalue weighted by atomic mass is 79.9. The van der Waals surface area contributed by atoms with Crippen LogP contribution in [-0.4, -0.2) is 15.0 Å². The van der Waals surface area contributed by atoms with Crippen molar-refractivity contribution in [2.75, 3.05) is 6.54 Å². The SMILES string of the molecule is CC1CCCC1CNS(=O)(=O)c1ccc(CN)cc1Br. The van der Waals surface area contributed by atoms with Gasteiger partial charge in [-0.3, -0.25) is 0 Å². The molecule has 0 aromatic heterocycles. The van der Waals surface area contributed by atoms with Crippen molar-refractivity contribution in [1.29, 1.82) is 0 Å². The van der Waals surface area contributed by atoms with E-state index in [1.54, 1.807) is 18.2 Å². The van der Waals surface area contributed by atoms with Crippen molar-refractivity contribution in [2.24, 2.45) is 17.6 Å². The number of nitrogens with two attached hydrogens (primary N) is 1. The van der Waals surface area contributed by atoms with Crippen molar-refractivity contribution in [1.82, 2.24) is 4.72 Å². The molecule has 2 unspecified atom stereocenters. The molecule has 1 aromatic rings. The van der Waals surface area contributed by atoms with E-state index >= 15 is 0 Å². The Morgan fingerprint density at radius 2 is 2.15 bits per heavy atom. The predicted molar refractivity (Wildman–Crippen MR) is 83.7 cm³/mol. The molecule has 112 valence electrons. The van der Waals surface area contributed by atoms with Crippen LogP contribution in [0.3, 0.4) is 0 Å². The summed E-state index contributed by atoms with van der Waals surface area (Å²) in [6, 6.07) is 5.11. The number of hydrogen-bond donors (Lipinski definition) is 2. The maximum Gasteiger partial charge on any atom is 0.241 e. The zero-order valence-corrected chi connectivity index (χ0v) is 14.0. The molecule has 1 aliphatic carbocycles. The molecule has 20 heavy (non-hydrogen) atoms. The van der Waals surface area contributed by atoms with E-state index in [-0.39, 0.29) is 4.90 Å². The molecule has 0 amide bonds. The summed E-state index contributed by atoms with van der Waals surface area (Å²) in [5.74, 6) is 1.05. The largest absolute Gasteiger partial charge is 0.326 e. The molecule has 0 radical (unpaired) electrons. The third-order valence-electron chi connectivity index (χ3n) is 4.10. The second-order valence-corrected chi connectivity index (χ2v) is 8.08. The van der Waals surface area contributed by atoms with Crippen LogP contribution in [0.15, 0.2) is 27.6 Å². The smallest absolute Gasteiger partial charge is 0.241 e. The van der Waals surface area contributed by atoms with Gasteiger partial charge in [0.2, 0.25) is 10.0 Å². The van der Waals surface area contributed by atoms with E-state index in [4.69, 9.17) is 5.73 Å². The van der Waals surface area contributed by atoms with Gasteiger partial charge in [-0.1, -0.05) is 25.8 Å². The summed E-state index contributed by atoms with van der Waals surface area (Å²) >= 11 is 3.31. The minimum atomic E-state index is -3.46. The standard InChI is InChI=1S/C14H21BrN2O2S/c1-10-3-2-4-12(10)9-17-20(18,19)14-6-5-11(8-16)7-13(14)15/h5-7,10,12,17H,2-4,8-9,16H2,1H3. The van der Waals surface area contributed by atoms with Gasteiger partial charge in [0.25, 0.3) is 0 Å². The summed E-state index contributed by atoms with van der Waals surface area (Å²) in [4.78, 5) is 0.278. The number of nitrogens with one attached hydrogen (secondary N) is 1.